The molecule has 1 unspecified atom stereocenters. The van der Waals surface area contributed by atoms with E-state index in [0.29, 0.717) is 19.6 Å². The quantitative estimate of drug-likeness (QED) is 0.288. The third kappa shape index (κ3) is 7.37. The largest absolute Gasteiger partial charge is 0.369 e. The first-order valence-corrected chi connectivity index (χ1v) is 10.6. The first-order chi connectivity index (χ1) is 14.6. The van der Waals surface area contributed by atoms with Crippen LogP contribution in [0.1, 0.15) is 36.5 Å². The number of aromatic nitrogens is 1. The molecule has 0 radical (unpaired) electrons. The Hall–Kier alpha value is -2.36. The molecule has 3 rings (SSSR count). The van der Waals surface area contributed by atoms with Crippen molar-refractivity contribution < 1.29 is 4.79 Å². The number of carbonyl (C=O) groups is 1. The number of anilines is 1. The van der Waals surface area contributed by atoms with Crippen LogP contribution in [0.3, 0.4) is 0 Å². The number of piperidine rings is 1. The highest BCUT2D eigenvalue weighted by atomic mass is 127. The van der Waals surface area contributed by atoms with Crippen LogP contribution in [-0.2, 0) is 17.9 Å². The Morgan fingerprint density at radius 2 is 2.03 bits per heavy atom. The number of guanidine groups is 1. The fraction of sp³-hybridized carbons (Fsp3) is 0.435. The third-order valence-electron chi connectivity index (χ3n) is 5.32. The number of halogens is 1. The molecule has 8 heteroatoms. The molecule has 1 aromatic heterocycles. The number of rotatable bonds is 7. The zero-order valence-electron chi connectivity index (χ0n) is 18.3. The first-order valence-electron chi connectivity index (χ1n) is 10.6. The molecule has 1 fully saturated rings. The van der Waals surface area contributed by atoms with Crippen LogP contribution in [0.25, 0.3) is 0 Å². The summed E-state index contributed by atoms with van der Waals surface area (Å²) in [4.78, 5) is 23.1. The molecule has 0 saturated carbocycles. The van der Waals surface area contributed by atoms with Crippen molar-refractivity contribution in [2.75, 3.05) is 24.5 Å². The lowest BCUT2D eigenvalue weighted by molar-refractivity contribution is -0.122. The molecule has 1 aromatic carbocycles. The third-order valence-corrected chi connectivity index (χ3v) is 5.32. The van der Waals surface area contributed by atoms with Crippen molar-refractivity contribution >= 4 is 41.7 Å². The highest BCUT2D eigenvalue weighted by Crippen LogP contribution is 2.24. The molecule has 31 heavy (non-hydrogen) atoms. The highest BCUT2D eigenvalue weighted by Gasteiger charge is 2.25. The fourth-order valence-corrected chi connectivity index (χ4v) is 3.64. The molecule has 1 saturated heterocycles. The summed E-state index contributed by atoms with van der Waals surface area (Å²) < 4.78 is 0. The van der Waals surface area contributed by atoms with Gasteiger partial charge in [-0.1, -0.05) is 35.9 Å². The van der Waals surface area contributed by atoms with Gasteiger partial charge in [0.05, 0.1) is 12.5 Å². The normalized spacial score (nSPS) is 16.4. The Bertz CT molecular complexity index is 871. The van der Waals surface area contributed by atoms with Gasteiger partial charge in [-0.15, -0.1) is 24.0 Å². The second kappa shape index (κ2) is 12.5. The second-order valence-corrected chi connectivity index (χ2v) is 7.71. The molecule has 168 valence electrons. The van der Waals surface area contributed by atoms with Crippen LogP contribution < -0.4 is 21.3 Å². The summed E-state index contributed by atoms with van der Waals surface area (Å²) in [6.45, 7) is 7.64. The van der Waals surface area contributed by atoms with Crippen LogP contribution in [0, 0.1) is 12.8 Å². The van der Waals surface area contributed by atoms with E-state index in [9.17, 15) is 4.79 Å². The number of nitrogens with one attached hydrogen (secondary N) is 2. The standard InChI is InChI=1S/C23H32N6O.HI/c1-3-25-23(27-14-18-10-8-17(2)9-11-18)28-15-19-6-4-12-26-22(19)29-13-5-7-20(16-29)21(24)30;/h4,6,8-12,20H,3,5,7,13-16H2,1-2H3,(H2,24,30)(H2,25,27,28);1H. The molecule has 0 spiro atoms. The van der Waals surface area contributed by atoms with E-state index in [0.717, 1.165) is 43.3 Å². The number of hydrogen-bond acceptors (Lipinski definition) is 4. The van der Waals surface area contributed by atoms with E-state index >= 15 is 0 Å². The summed E-state index contributed by atoms with van der Waals surface area (Å²) in [5.74, 6) is 1.33. The van der Waals surface area contributed by atoms with E-state index in [1.54, 1.807) is 6.20 Å². The van der Waals surface area contributed by atoms with Crippen LogP contribution in [0.15, 0.2) is 47.6 Å². The second-order valence-electron chi connectivity index (χ2n) is 7.71. The molecule has 1 aliphatic heterocycles. The van der Waals surface area contributed by atoms with Crippen molar-refractivity contribution in [1.29, 1.82) is 0 Å². The molecule has 0 aliphatic carbocycles. The van der Waals surface area contributed by atoms with Crippen LogP contribution >= 0.6 is 24.0 Å². The number of amides is 1. The van der Waals surface area contributed by atoms with Gasteiger partial charge in [-0.2, -0.15) is 0 Å². The lowest BCUT2D eigenvalue weighted by Crippen LogP contribution is -2.42. The van der Waals surface area contributed by atoms with Crippen LogP contribution in [0.5, 0.6) is 0 Å². The van der Waals surface area contributed by atoms with Crippen molar-refractivity contribution in [3.05, 3.63) is 59.3 Å². The summed E-state index contributed by atoms with van der Waals surface area (Å²) in [6, 6.07) is 12.4. The number of pyridine rings is 1. The number of aliphatic imine (C=N–C) groups is 1. The van der Waals surface area contributed by atoms with Gasteiger partial charge in [-0.3, -0.25) is 4.79 Å². The lowest BCUT2D eigenvalue weighted by Gasteiger charge is -2.33. The lowest BCUT2D eigenvalue weighted by atomic mass is 9.97. The Morgan fingerprint density at radius 1 is 1.26 bits per heavy atom. The number of primary amides is 1. The summed E-state index contributed by atoms with van der Waals surface area (Å²) in [5, 5.41) is 6.71. The van der Waals surface area contributed by atoms with Gasteiger partial charge >= 0.3 is 0 Å². The average molecular weight is 536 g/mol. The zero-order valence-corrected chi connectivity index (χ0v) is 20.6. The predicted octanol–water partition coefficient (Wildman–Crippen LogP) is 2.97. The van der Waals surface area contributed by atoms with Crippen molar-refractivity contribution in [3.63, 3.8) is 0 Å². The number of hydrogen-bond donors (Lipinski definition) is 3. The molecule has 1 aliphatic rings. The molecule has 4 N–H and O–H groups in total. The molecule has 1 amide bonds. The first kappa shape index (κ1) is 24.9. The summed E-state index contributed by atoms with van der Waals surface area (Å²) >= 11 is 0. The molecule has 1 atom stereocenters. The molecular weight excluding hydrogens is 503 g/mol. The molecule has 2 aromatic rings. The van der Waals surface area contributed by atoms with Crippen molar-refractivity contribution in [1.82, 2.24) is 15.6 Å². The molecule has 0 bridgehead atoms. The van der Waals surface area contributed by atoms with E-state index in [1.807, 2.05) is 6.07 Å². The van der Waals surface area contributed by atoms with Crippen molar-refractivity contribution in [3.8, 4) is 0 Å². The van der Waals surface area contributed by atoms with E-state index < -0.39 is 0 Å². The number of benzene rings is 1. The highest BCUT2D eigenvalue weighted by molar-refractivity contribution is 14.0. The predicted molar refractivity (Wildman–Crippen MR) is 137 cm³/mol. The Kier molecular flexibility index (Phi) is 10.0. The Morgan fingerprint density at radius 3 is 2.74 bits per heavy atom. The van der Waals surface area contributed by atoms with Crippen molar-refractivity contribution in [2.24, 2.45) is 16.6 Å². The van der Waals surface area contributed by atoms with Crippen LogP contribution in [-0.4, -0.2) is 36.5 Å². The SMILES string of the molecule is CCNC(=NCc1ccc(C)cc1)NCc1cccnc1N1CCCC(C(N)=O)C1.I. The number of aryl methyl sites for hydroxylation is 1. The van der Waals surface area contributed by atoms with Gasteiger partial charge in [0.2, 0.25) is 5.91 Å². The minimum Gasteiger partial charge on any atom is -0.369 e. The number of nitrogens with two attached hydrogens (primary N) is 1. The number of nitrogens with zero attached hydrogens (tertiary/aromatic N) is 3. The average Bonchev–Trinajstić information content (AvgIpc) is 2.77. The summed E-state index contributed by atoms with van der Waals surface area (Å²) in [7, 11) is 0. The maximum Gasteiger partial charge on any atom is 0.222 e. The van der Waals surface area contributed by atoms with Gasteiger partial charge in [0, 0.05) is 37.9 Å². The fourth-order valence-electron chi connectivity index (χ4n) is 3.64. The zero-order chi connectivity index (χ0) is 21.3. The van der Waals surface area contributed by atoms with E-state index in [1.165, 1.54) is 11.1 Å². The van der Waals surface area contributed by atoms with E-state index in [2.05, 4.69) is 64.7 Å². The van der Waals surface area contributed by atoms with Gasteiger partial charge < -0.3 is 21.3 Å². The molecular formula is C23H33IN6O. The minimum absolute atomic E-state index is 0. The molecule has 7 nitrogen and oxygen atoms in total. The topological polar surface area (TPSA) is 95.6 Å². The van der Waals surface area contributed by atoms with Gasteiger partial charge in [-0.25, -0.2) is 9.98 Å². The summed E-state index contributed by atoms with van der Waals surface area (Å²) in [5.41, 5.74) is 9.03. The van der Waals surface area contributed by atoms with Crippen LogP contribution in [0.4, 0.5) is 5.82 Å². The molecule has 2 heterocycles. The monoisotopic (exact) mass is 536 g/mol. The van der Waals surface area contributed by atoms with Crippen molar-refractivity contribution in [2.45, 2.75) is 39.8 Å². The van der Waals surface area contributed by atoms with Gasteiger partial charge in [0.25, 0.3) is 0 Å². The minimum atomic E-state index is -0.229. The van der Waals surface area contributed by atoms with Gasteiger partial charge in [0.1, 0.15) is 5.82 Å². The smallest absolute Gasteiger partial charge is 0.222 e. The number of carbonyl (C=O) groups excluding carboxylic acids is 1. The summed E-state index contributed by atoms with van der Waals surface area (Å²) in [6.07, 6.45) is 3.59. The maximum atomic E-state index is 11.6. The van der Waals surface area contributed by atoms with Gasteiger partial charge in [-0.05, 0) is 38.3 Å². The Labute approximate surface area is 201 Å². The van der Waals surface area contributed by atoms with E-state index in [4.69, 9.17) is 10.7 Å². The van der Waals surface area contributed by atoms with Gasteiger partial charge in [0.15, 0.2) is 5.96 Å². The maximum absolute atomic E-state index is 11.6. The Balaban J connectivity index is 0.00000341. The van der Waals surface area contributed by atoms with E-state index in [-0.39, 0.29) is 35.8 Å². The van der Waals surface area contributed by atoms with Crippen LogP contribution in [0.2, 0.25) is 0 Å².